The summed E-state index contributed by atoms with van der Waals surface area (Å²) < 4.78 is 0. The van der Waals surface area contributed by atoms with Gasteiger partial charge in [0.15, 0.2) is 0 Å². The maximum atomic E-state index is 3.38. The number of aryl methyl sites for hydroxylation is 3. The van der Waals surface area contributed by atoms with Crippen molar-refractivity contribution < 1.29 is 0 Å². The van der Waals surface area contributed by atoms with Crippen LogP contribution in [-0.2, 0) is 0 Å². The highest BCUT2D eigenvalue weighted by atomic mass is 14.9. The molecular formula is C19H25N. The molecule has 0 aliphatic heterocycles. The van der Waals surface area contributed by atoms with Crippen molar-refractivity contribution in [3.8, 4) is 11.1 Å². The molecule has 2 rings (SSSR count). The zero-order chi connectivity index (χ0) is 14.7. The van der Waals surface area contributed by atoms with E-state index >= 15 is 0 Å². The minimum absolute atomic E-state index is 0.432. The Kier molecular flexibility index (Phi) is 4.61. The van der Waals surface area contributed by atoms with Crippen LogP contribution in [0.1, 0.15) is 41.6 Å². The third kappa shape index (κ3) is 2.94. The van der Waals surface area contributed by atoms with E-state index in [1.54, 1.807) is 0 Å². The first-order valence-corrected chi connectivity index (χ1v) is 7.42. The van der Waals surface area contributed by atoms with Crippen LogP contribution in [0.2, 0.25) is 0 Å². The van der Waals surface area contributed by atoms with E-state index in [-0.39, 0.29) is 0 Å². The maximum absolute atomic E-state index is 3.38. The molecule has 0 heterocycles. The topological polar surface area (TPSA) is 12.0 Å². The molecule has 1 N–H and O–H groups in total. The van der Waals surface area contributed by atoms with Crippen LogP contribution in [0.5, 0.6) is 0 Å². The zero-order valence-electron chi connectivity index (χ0n) is 13.2. The summed E-state index contributed by atoms with van der Waals surface area (Å²) in [4.78, 5) is 0. The van der Waals surface area contributed by atoms with E-state index in [9.17, 15) is 0 Å². The van der Waals surface area contributed by atoms with Crippen LogP contribution in [0, 0.1) is 20.8 Å². The van der Waals surface area contributed by atoms with Gasteiger partial charge in [0, 0.05) is 6.04 Å². The summed E-state index contributed by atoms with van der Waals surface area (Å²) in [5.41, 5.74) is 8.10. The molecule has 0 saturated heterocycles. The molecule has 2 aromatic rings. The van der Waals surface area contributed by atoms with Crippen molar-refractivity contribution in [3.05, 3.63) is 58.7 Å². The van der Waals surface area contributed by atoms with Gasteiger partial charge in [0.2, 0.25) is 0 Å². The molecule has 1 heteroatoms. The molecule has 106 valence electrons. The lowest BCUT2D eigenvalue weighted by molar-refractivity contribution is 0.577. The molecule has 1 nitrogen and oxygen atoms in total. The number of hydrogen-bond donors (Lipinski definition) is 1. The van der Waals surface area contributed by atoms with Gasteiger partial charge in [-0.3, -0.25) is 0 Å². The van der Waals surface area contributed by atoms with Gasteiger partial charge in [-0.25, -0.2) is 0 Å². The minimum Gasteiger partial charge on any atom is -0.313 e. The van der Waals surface area contributed by atoms with Gasteiger partial charge < -0.3 is 5.32 Å². The Morgan fingerprint density at radius 1 is 0.950 bits per heavy atom. The lowest BCUT2D eigenvalue weighted by Gasteiger charge is -2.16. The largest absolute Gasteiger partial charge is 0.313 e. The molecular weight excluding hydrogens is 242 g/mol. The van der Waals surface area contributed by atoms with E-state index in [1.165, 1.54) is 33.4 Å². The van der Waals surface area contributed by atoms with E-state index < -0.39 is 0 Å². The lowest BCUT2D eigenvalue weighted by Crippen LogP contribution is -2.15. The lowest BCUT2D eigenvalue weighted by atomic mass is 9.93. The van der Waals surface area contributed by atoms with Crippen LogP contribution in [0.4, 0.5) is 0 Å². The normalized spacial score (nSPS) is 12.4. The third-order valence-corrected chi connectivity index (χ3v) is 4.20. The van der Waals surface area contributed by atoms with Gasteiger partial charge in [-0.1, -0.05) is 37.3 Å². The first-order chi connectivity index (χ1) is 9.56. The molecule has 0 amide bonds. The van der Waals surface area contributed by atoms with Gasteiger partial charge >= 0.3 is 0 Å². The average Bonchev–Trinajstić information content (AvgIpc) is 2.44. The summed E-state index contributed by atoms with van der Waals surface area (Å²) in [5.74, 6) is 0. The second kappa shape index (κ2) is 6.23. The molecule has 0 aliphatic carbocycles. The van der Waals surface area contributed by atoms with Crippen molar-refractivity contribution in [1.82, 2.24) is 5.32 Å². The Labute approximate surface area is 123 Å². The Balaban J connectivity index is 2.48. The van der Waals surface area contributed by atoms with E-state index in [1.807, 2.05) is 7.05 Å². The van der Waals surface area contributed by atoms with E-state index in [2.05, 4.69) is 69.4 Å². The molecule has 0 bridgehead atoms. The smallest absolute Gasteiger partial charge is 0.0315 e. The number of rotatable bonds is 4. The fourth-order valence-corrected chi connectivity index (χ4v) is 2.80. The van der Waals surface area contributed by atoms with Crippen molar-refractivity contribution in [1.29, 1.82) is 0 Å². The first-order valence-electron chi connectivity index (χ1n) is 7.42. The van der Waals surface area contributed by atoms with Gasteiger partial charge in [-0.15, -0.1) is 0 Å². The second-order valence-corrected chi connectivity index (χ2v) is 5.63. The maximum Gasteiger partial charge on any atom is 0.0315 e. The summed E-state index contributed by atoms with van der Waals surface area (Å²) in [6.45, 7) is 8.78. The SMILES string of the molecule is CCC(NC)c1cccc(-c2cc(C)c(C)cc2C)c1. The first kappa shape index (κ1) is 14.8. The molecule has 0 radical (unpaired) electrons. The van der Waals surface area contributed by atoms with Crippen molar-refractivity contribution in [2.45, 2.75) is 40.2 Å². The Hall–Kier alpha value is -1.60. The summed E-state index contributed by atoms with van der Waals surface area (Å²) in [6, 6.07) is 13.9. The molecule has 1 atom stereocenters. The standard InChI is InChI=1S/C19H25N/c1-6-19(20-5)17-9-7-8-16(12-17)18-11-14(3)13(2)10-15(18)4/h7-12,19-20H,6H2,1-5H3. The molecule has 0 aliphatic rings. The quantitative estimate of drug-likeness (QED) is 0.826. The van der Waals surface area contributed by atoms with Crippen molar-refractivity contribution in [3.63, 3.8) is 0 Å². The Bertz CT molecular complexity index is 595. The molecule has 0 aromatic heterocycles. The van der Waals surface area contributed by atoms with Crippen LogP contribution in [0.25, 0.3) is 11.1 Å². The highest BCUT2D eigenvalue weighted by Gasteiger charge is 2.09. The fourth-order valence-electron chi connectivity index (χ4n) is 2.80. The van der Waals surface area contributed by atoms with E-state index in [4.69, 9.17) is 0 Å². The summed E-state index contributed by atoms with van der Waals surface area (Å²) in [7, 11) is 2.03. The minimum atomic E-state index is 0.432. The molecule has 0 spiro atoms. The molecule has 20 heavy (non-hydrogen) atoms. The van der Waals surface area contributed by atoms with Gasteiger partial charge in [-0.2, -0.15) is 0 Å². The molecule has 2 aromatic carbocycles. The van der Waals surface area contributed by atoms with Crippen LogP contribution in [0.15, 0.2) is 36.4 Å². The van der Waals surface area contributed by atoms with Gasteiger partial charge in [0.05, 0.1) is 0 Å². The molecule has 1 unspecified atom stereocenters. The molecule has 0 fully saturated rings. The Morgan fingerprint density at radius 2 is 1.65 bits per heavy atom. The number of benzene rings is 2. The summed E-state index contributed by atoms with van der Waals surface area (Å²) >= 11 is 0. The van der Waals surface area contributed by atoms with Gasteiger partial charge in [0.1, 0.15) is 0 Å². The molecule has 0 saturated carbocycles. The van der Waals surface area contributed by atoms with Gasteiger partial charge in [0.25, 0.3) is 0 Å². The summed E-state index contributed by atoms with van der Waals surface area (Å²) in [6.07, 6.45) is 1.10. The zero-order valence-corrected chi connectivity index (χ0v) is 13.2. The van der Waals surface area contributed by atoms with Crippen molar-refractivity contribution in [2.75, 3.05) is 7.05 Å². The van der Waals surface area contributed by atoms with Crippen LogP contribution in [-0.4, -0.2) is 7.05 Å². The van der Waals surface area contributed by atoms with E-state index in [0.717, 1.165) is 6.42 Å². The van der Waals surface area contributed by atoms with E-state index in [0.29, 0.717) is 6.04 Å². The highest BCUT2D eigenvalue weighted by molar-refractivity contribution is 5.69. The predicted octanol–water partition coefficient (Wildman–Crippen LogP) is 4.95. The van der Waals surface area contributed by atoms with Crippen LogP contribution >= 0.6 is 0 Å². The van der Waals surface area contributed by atoms with Crippen LogP contribution < -0.4 is 5.32 Å². The van der Waals surface area contributed by atoms with Gasteiger partial charge in [-0.05, 0) is 73.7 Å². The summed E-state index contributed by atoms with van der Waals surface area (Å²) in [5, 5.41) is 3.38. The van der Waals surface area contributed by atoms with Crippen molar-refractivity contribution >= 4 is 0 Å². The Morgan fingerprint density at radius 3 is 2.30 bits per heavy atom. The monoisotopic (exact) mass is 267 g/mol. The second-order valence-electron chi connectivity index (χ2n) is 5.63. The highest BCUT2D eigenvalue weighted by Crippen LogP contribution is 2.29. The van der Waals surface area contributed by atoms with Crippen molar-refractivity contribution in [2.24, 2.45) is 0 Å². The predicted molar refractivity (Wildman–Crippen MR) is 88.2 cm³/mol. The van der Waals surface area contributed by atoms with Crippen LogP contribution in [0.3, 0.4) is 0 Å². The third-order valence-electron chi connectivity index (χ3n) is 4.20. The fraction of sp³-hybridized carbons (Fsp3) is 0.368. The average molecular weight is 267 g/mol. The number of hydrogen-bond acceptors (Lipinski definition) is 1. The number of nitrogens with one attached hydrogen (secondary N) is 1.